The van der Waals surface area contributed by atoms with Crippen LogP contribution >= 0.6 is 0 Å². The van der Waals surface area contributed by atoms with E-state index in [1.165, 1.54) is 0 Å². The molecule has 6 amide bonds. The van der Waals surface area contributed by atoms with Crippen molar-refractivity contribution < 1.29 is 33.9 Å². The molecule has 0 spiro atoms. The number of hydrogen-bond donors (Lipinski definition) is 12. The van der Waals surface area contributed by atoms with Gasteiger partial charge in [0.15, 0.2) is 0 Å². The minimum atomic E-state index is -0.650. The molecule has 18 nitrogen and oxygen atoms in total. The van der Waals surface area contributed by atoms with Gasteiger partial charge in [0.05, 0.1) is 47.7 Å². The lowest BCUT2D eigenvalue weighted by molar-refractivity contribution is -0.129. The first-order chi connectivity index (χ1) is 26.3. The number of nitrogens with one attached hydrogen (secondary N) is 10. The van der Waals surface area contributed by atoms with Crippen LogP contribution in [-0.2, 0) is 35.2 Å². The summed E-state index contributed by atoms with van der Waals surface area (Å²) in [6.07, 6.45) is 0.320. The van der Waals surface area contributed by atoms with Gasteiger partial charge in [0.2, 0.25) is 35.4 Å². The van der Waals surface area contributed by atoms with Crippen LogP contribution in [0.3, 0.4) is 0 Å². The second-order valence-electron chi connectivity index (χ2n) is 15.6. The molecule has 4 aliphatic rings. The van der Waals surface area contributed by atoms with E-state index < -0.39 is 53.7 Å². The Morgan fingerprint density at radius 3 is 1.82 bits per heavy atom. The van der Waals surface area contributed by atoms with Crippen molar-refractivity contribution in [2.24, 2.45) is 41.2 Å². The van der Waals surface area contributed by atoms with Crippen LogP contribution in [0.2, 0.25) is 0 Å². The van der Waals surface area contributed by atoms with Crippen LogP contribution in [0, 0.1) is 35.5 Å². The van der Waals surface area contributed by atoms with Crippen LogP contribution in [0.25, 0.3) is 0 Å². The lowest BCUT2D eigenvalue weighted by atomic mass is 9.94. The fourth-order valence-electron chi connectivity index (χ4n) is 7.93. The molecule has 55 heavy (non-hydrogen) atoms. The van der Waals surface area contributed by atoms with Crippen LogP contribution in [0.15, 0.2) is 24.3 Å². The van der Waals surface area contributed by atoms with Crippen LogP contribution in [-0.4, -0.2) is 137 Å². The van der Waals surface area contributed by atoms with E-state index in [9.17, 15) is 33.9 Å². The summed E-state index contributed by atoms with van der Waals surface area (Å²) in [6.45, 7) is 7.33. The topological polar surface area (TPSA) is 269 Å². The van der Waals surface area contributed by atoms with Gasteiger partial charge in [-0.3, -0.25) is 28.8 Å². The van der Waals surface area contributed by atoms with Crippen molar-refractivity contribution in [3.63, 3.8) is 0 Å². The molecule has 1 aromatic carbocycles. The van der Waals surface area contributed by atoms with E-state index in [4.69, 9.17) is 5.73 Å². The maximum atomic E-state index is 13.8. The third-order valence-corrected chi connectivity index (χ3v) is 11.5. The summed E-state index contributed by atoms with van der Waals surface area (Å²) in [5.41, 5.74) is 6.29. The van der Waals surface area contributed by atoms with Crippen LogP contribution in [0.1, 0.15) is 25.8 Å². The molecule has 0 bridgehead atoms. The second-order valence-corrected chi connectivity index (χ2v) is 15.6. The summed E-state index contributed by atoms with van der Waals surface area (Å²) in [6, 6.07) is 4.60. The molecule has 4 fully saturated rings. The number of carbonyl (C=O) groups is 6. The van der Waals surface area contributed by atoms with E-state index in [0.717, 1.165) is 5.56 Å². The summed E-state index contributed by atoms with van der Waals surface area (Å²) >= 11 is 0. The Hall–Kier alpha value is -4.36. The fourth-order valence-corrected chi connectivity index (χ4v) is 7.93. The van der Waals surface area contributed by atoms with E-state index in [-0.39, 0.29) is 66.1 Å². The quantitative estimate of drug-likeness (QED) is 0.0717. The zero-order chi connectivity index (χ0) is 39.6. The number of amides is 6. The highest BCUT2D eigenvalue weighted by atomic mass is 16.3. The van der Waals surface area contributed by atoms with Gasteiger partial charge in [-0.2, -0.15) is 0 Å². The maximum Gasteiger partial charge on any atom is 0.226 e. The van der Waals surface area contributed by atoms with Crippen molar-refractivity contribution in [1.82, 2.24) is 53.2 Å². The van der Waals surface area contributed by atoms with E-state index in [0.29, 0.717) is 58.8 Å². The highest BCUT2D eigenvalue weighted by Crippen LogP contribution is 2.19. The van der Waals surface area contributed by atoms with Gasteiger partial charge in [-0.15, -0.1) is 0 Å². The minimum Gasteiger partial charge on any atom is -0.508 e. The van der Waals surface area contributed by atoms with E-state index in [2.05, 4.69) is 53.2 Å². The zero-order valence-electron chi connectivity index (χ0n) is 31.9. The number of hydrogen-bond acceptors (Lipinski definition) is 12. The first kappa shape index (κ1) is 41.8. The molecule has 4 aliphatic heterocycles. The monoisotopic (exact) mass is 769 g/mol. The highest BCUT2D eigenvalue weighted by Gasteiger charge is 2.41. The largest absolute Gasteiger partial charge is 0.508 e. The molecule has 0 aromatic heterocycles. The highest BCUT2D eigenvalue weighted by molar-refractivity contribution is 5.87. The molecule has 0 saturated carbocycles. The molecule has 0 radical (unpaired) electrons. The number of likely N-dealkylation sites (N-methyl/N-ethyl adjacent to an activating group) is 1. The average Bonchev–Trinajstić information content (AvgIpc) is 3.98. The number of rotatable bonds is 17. The second kappa shape index (κ2) is 19.5. The smallest absolute Gasteiger partial charge is 0.226 e. The van der Waals surface area contributed by atoms with Crippen LogP contribution in [0.5, 0.6) is 5.75 Å². The Morgan fingerprint density at radius 2 is 1.24 bits per heavy atom. The first-order valence-corrected chi connectivity index (χ1v) is 19.4. The number of benzene rings is 1. The average molecular weight is 770 g/mol. The first-order valence-electron chi connectivity index (χ1n) is 19.4. The van der Waals surface area contributed by atoms with Gasteiger partial charge in [0, 0.05) is 77.4 Å². The van der Waals surface area contributed by atoms with Gasteiger partial charge >= 0.3 is 0 Å². The van der Waals surface area contributed by atoms with Gasteiger partial charge in [0.1, 0.15) is 5.75 Å². The number of aromatic hydroxyl groups is 1. The Balaban J connectivity index is 1.16. The number of phenols is 1. The molecule has 0 unspecified atom stereocenters. The number of phenolic OH excluding ortho intramolecular Hbond substituents is 1. The predicted octanol–water partition coefficient (Wildman–Crippen LogP) is -4.40. The molecule has 4 saturated heterocycles. The lowest BCUT2D eigenvalue weighted by Crippen LogP contribution is -2.54. The Labute approximate surface area is 321 Å². The zero-order valence-corrected chi connectivity index (χ0v) is 31.9. The molecule has 18 heteroatoms. The van der Waals surface area contributed by atoms with Gasteiger partial charge < -0.3 is 64.0 Å². The van der Waals surface area contributed by atoms with E-state index in [1.807, 2.05) is 20.9 Å². The molecule has 0 aliphatic carbocycles. The molecule has 10 atom stereocenters. The van der Waals surface area contributed by atoms with Crippen molar-refractivity contribution in [3.05, 3.63) is 29.8 Å². The van der Waals surface area contributed by atoms with Crippen molar-refractivity contribution in [1.29, 1.82) is 0 Å². The van der Waals surface area contributed by atoms with Crippen molar-refractivity contribution >= 4 is 35.4 Å². The van der Waals surface area contributed by atoms with E-state index in [1.54, 1.807) is 24.3 Å². The molecular weight excluding hydrogens is 710 g/mol. The van der Waals surface area contributed by atoms with Crippen LogP contribution in [0.4, 0.5) is 0 Å². The van der Waals surface area contributed by atoms with Crippen molar-refractivity contribution in [2.45, 2.75) is 56.9 Å². The third kappa shape index (κ3) is 11.1. The summed E-state index contributed by atoms with van der Waals surface area (Å²) in [5, 5.41) is 40.6. The predicted molar refractivity (Wildman–Crippen MR) is 203 cm³/mol. The van der Waals surface area contributed by atoms with Gasteiger partial charge in [-0.05, 0) is 37.1 Å². The molecule has 5 rings (SSSR count). The molecular formula is C37H59N11O7. The summed E-state index contributed by atoms with van der Waals surface area (Å²) < 4.78 is 0. The summed E-state index contributed by atoms with van der Waals surface area (Å²) in [5.74, 6) is -4.44. The Kier molecular flexibility index (Phi) is 14.8. The Bertz CT molecular complexity index is 1530. The fraction of sp³-hybridized carbons (Fsp3) is 0.676. The van der Waals surface area contributed by atoms with E-state index >= 15 is 0 Å². The molecule has 13 N–H and O–H groups in total. The molecule has 4 heterocycles. The standard InChI is InChI=1S/C37H59N11O7/c1-19(2)27(9-32(50)45-29-16-40-11-23(29)33(38)51)46-36(54)26-14-43-18-31(26)48-37(55)25-13-42-17-30(25)47-34(52)21(8-20-4-6-22(49)7-5-20)10-44-35(53)24-12-41-15-28(24)39-3/h4-7,19,21,23-31,39-43,49H,8-18H2,1-3H3,(H2,38,51)(H,44,53)(H,45,50)(H,46,54)(H,47,52)(H,48,55)/t21-,23-,24-,25-,26-,27+,28-,29-,30-,31-/m0/s1. The molecule has 1 aromatic rings. The number of nitrogens with two attached hydrogens (primary N) is 1. The Morgan fingerprint density at radius 1 is 0.709 bits per heavy atom. The van der Waals surface area contributed by atoms with Crippen molar-refractivity contribution in [2.75, 3.05) is 66.0 Å². The van der Waals surface area contributed by atoms with Crippen molar-refractivity contribution in [3.8, 4) is 5.75 Å². The van der Waals surface area contributed by atoms with Gasteiger partial charge in [0.25, 0.3) is 0 Å². The van der Waals surface area contributed by atoms with Gasteiger partial charge in [-0.25, -0.2) is 0 Å². The lowest BCUT2D eigenvalue weighted by Gasteiger charge is -2.28. The van der Waals surface area contributed by atoms with Gasteiger partial charge in [-0.1, -0.05) is 26.0 Å². The van der Waals surface area contributed by atoms with Crippen LogP contribution < -0.4 is 58.9 Å². The maximum absolute atomic E-state index is 13.8. The number of carbonyl (C=O) groups excluding carboxylic acids is 6. The normalized spacial score (nSPS) is 28.7. The number of primary amides is 1. The summed E-state index contributed by atoms with van der Waals surface area (Å²) in [4.78, 5) is 79.0. The SMILES string of the molecule is CN[C@H]1CNC[C@@H]1C(=O)NC[C@H](Cc1ccc(O)cc1)C(=O)N[C@H]1CNC[C@@H]1C(=O)N[C@H]1CNC[C@@H]1C(=O)N[C@H](CC(=O)N[C@H]1CNC[C@@H]1C(N)=O)C(C)C. The summed E-state index contributed by atoms with van der Waals surface area (Å²) in [7, 11) is 1.81. The third-order valence-electron chi connectivity index (χ3n) is 11.5. The molecule has 304 valence electrons. The minimum absolute atomic E-state index is 0.0172.